The molecule has 0 saturated carbocycles. The zero-order chi connectivity index (χ0) is 13.8. The summed E-state index contributed by atoms with van der Waals surface area (Å²) < 4.78 is 0. The quantitative estimate of drug-likeness (QED) is 0.441. The van der Waals surface area contributed by atoms with Crippen LogP contribution in [0.4, 0.5) is 0 Å². The molecular formula is C13H27IN4O. The number of hydrogen-bond acceptors (Lipinski definition) is 2. The molecule has 1 amide bonds. The Kier molecular flexibility index (Phi) is 7.69. The number of amides is 1. The Hall–Kier alpha value is -0.530. The van der Waals surface area contributed by atoms with Crippen LogP contribution in [0.25, 0.3) is 0 Å². The number of guanidine groups is 1. The van der Waals surface area contributed by atoms with Crippen LogP contribution in [0.1, 0.15) is 33.6 Å². The highest BCUT2D eigenvalue weighted by Gasteiger charge is 2.27. The Morgan fingerprint density at radius 1 is 1.53 bits per heavy atom. The molecule has 0 bridgehead atoms. The van der Waals surface area contributed by atoms with Crippen molar-refractivity contribution in [2.45, 2.75) is 33.6 Å². The van der Waals surface area contributed by atoms with Gasteiger partial charge in [0.25, 0.3) is 0 Å². The van der Waals surface area contributed by atoms with Gasteiger partial charge in [0.2, 0.25) is 5.91 Å². The smallest absolute Gasteiger partial charge is 0.227 e. The van der Waals surface area contributed by atoms with Crippen LogP contribution >= 0.6 is 24.0 Å². The molecular weight excluding hydrogens is 355 g/mol. The van der Waals surface area contributed by atoms with Gasteiger partial charge < -0.3 is 16.0 Å². The molecule has 1 unspecified atom stereocenters. The lowest BCUT2D eigenvalue weighted by atomic mass is 9.93. The monoisotopic (exact) mass is 382 g/mol. The number of nitrogens with two attached hydrogens (primary N) is 1. The Morgan fingerprint density at radius 2 is 2.16 bits per heavy atom. The summed E-state index contributed by atoms with van der Waals surface area (Å²) in [5.74, 6) is 1.23. The molecule has 1 aliphatic heterocycles. The molecule has 1 saturated heterocycles. The highest BCUT2D eigenvalue weighted by Crippen LogP contribution is 2.17. The van der Waals surface area contributed by atoms with Crippen LogP contribution in [0.3, 0.4) is 0 Å². The van der Waals surface area contributed by atoms with E-state index < -0.39 is 5.41 Å². The molecule has 0 aromatic heterocycles. The normalized spacial score (nSPS) is 20.7. The molecule has 0 spiro atoms. The predicted molar refractivity (Wildman–Crippen MR) is 89.7 cm³/mol. The minimum Gasteiger partial charge on any atom is -0.370 e. The summed E-state index contributed by atoms with van der Waals surface area (Å²) in [6, 6.07) is 0. The molecule has 19 heavy (non-hydrogen) atoms. The van der Waals surface area contributed by atoms with Gasteiger partial charge in [0, 0.05) is 20.1 Å². The summed E-state index contributed by atoms with van der Waals surface area (Å²) in [4.78, 5) is 18.1. The third kappa shape index (κ3) is 5.54. The Morgan fingerprint density at radius 3 is 2.68 bits per heavy atom. The van der Waals surface area contributed by atoms with Gasteiger partial charge >= 0.3 is 0 Å². The molecule has 5 nitrogen and oxygen atoms in total. The van der Waals surface area contributed by atoms with Crippen LogP contribution in [-0.4, -0.2) is 43.4 Å². The highest BCUT2D eigenvalue weighted by atomic mass is 127. The maximum absolute atomic E-state index is 11.6. The number of carbonyl (C=O) groups excluding carboxylic acids is 1. The number of piperidine rings is 1. The van der Waals surface area contributed by atoms with Gasteiger partial charge in [0.05, 0.1) is 12.0 Å². The van der Waals surface area contributed by atoms with Crippen molar-refractivity contribution in [3.05, 3.63) is 0 Å². The molecule has 0 aromatic rings. The number of nitrogens with one attached hydrogen (secondary N) is 1. The zero-order valence-corrected chi connectivity index (χ0v) is 14.7. The van der Waals surface area contributed by atoms with Gasteiger partial charge in [-0.15, -0.1) is 24.0 Å². The van der Waals surface area contributed by atoms with Crippen molar-refractivity contribution in [2.75, 3.05) is 26.7 Å². The second kappa shape index (κ2) is 7.91. The summed E-state index contributed by atoms with van der Waals surface area (Å²) in [5, 5.41) is 2.65. The van der Waals surface area contributed by atoms with Crippen molar-refractivity contribution < 1.29 is 4.79 Å². The summed E-state index contributed by atoms with van der Waals surface area (Å²) in [5.41, 5.74) is 5.49. The summed E-state index contributed by atoms with van der Waals surface area (Å²) in [7, 11) is 1.64. The van der Waals surface area contributed by atoms with E-state index in [1.807, 2.05) is 13.8 Å². The summed E-state index contributed by atoms with van der Waals surface area (Å²) >= 11 is 0. The van der Waals surface area contributed by atoms with E-state index in [0.29, 0.717) is 18.4 Å². The van der Waals surface area contributed by atoms with E-state index in [1.54, 1.807) is 7.05 Å². The number of aliphatic imine (C=N–C) groups is 1. The van der Waals surface area contributed by atoms with Crippen LogP contribution in [0, 0.1) is 11.3 Å². The average Bonchev–Trinajstić information content (AvgIpc) is 2.35. The minimum atomic E-state index is -0.513. The van der Waals surface area contributed by atoms with E-state index in [1.165, 1.54) is 6.42 Å². The van der Waals surface area contributed by atoms with Crippen LogP contribution < -0.4 is 11.1 Å². The van der Waals surface area contributed by atoms with Gasteiger partial charge in [-0.1, -0.05) is 6.92 Å². The van der Waals surface area contributed by atoms with E-state index in [0.717, 1.165) is 19.5 Å². The third-order valence-electron chi connectivity index (χ3n) is 3.46. The van der Waals surface area contributed by atoms with Crippen molar-refractivity contribution in [1.82, 2.24) is 10.2 Å². The third-order valence-corrected chi connectivity index (χ3v) is 3.46. The first kappa shape index (κ1) is 18.5. The molecule has 1 heterocycles. The van der Waals surface area contributed by atoms with E-state index >= 15 is 0 Å². The van der Waals surface area contributed by atoms with E-state index in [2.05, 4.69) is 22.1 Å². The van der Waals surface area contributed by atoms with Crippen molar-refractivity contribution >= 4 is 35.8 Å². The number of halogens is 1. The molecule has 0 aromatic carbocycles. The Balaban J connectivity index is 0.00000324. The van der Waals surface area contributed by atoms with Gasteiger partial charge in [0.1, 0.15) is 0 Å². The van der Waals surface area contributed by atoms with Crippen molar-refractivity contribution in [2.24, 2.45) is 22.1 Å². The number of carbonyl (C=O) groups is 1. The second-order valence-corrected chi connectivity index (χ2v) is 5.83. The largest absolute Gasteiger partial charge is 0.370 e. The lowest BCUT2D eigenvalue weighted by Crippen LogP contribution is -2.44. The maximum Gasteiger partial charge on any atom is 0.227 e. The van der Waals surface area contributed by atoms with Gasteiger partial charge in [-0.25, -0.2) is 0 Å². The highest BCUT2D eigenvalue weighted by molar-refractivity contribution is 14.0. The van der Waals surface area contributed by atoms with Gasteiger partial charge in [-0.2, -0.15) is 0 Å². The first-order valence-electron chi connectivity index (χ1n) is 6.64. The lowest BCUT2D eigenvalue weighted by Gasteiger charge is -2.32. The molecule has 112 valence electrons. The first-order valence-corrected chi connectivity index (χ1v) is 6.64. The molecule has 0 aliphatic carbocycles. The predicted octanol–water partition coefficient (Wildman–Crippen LogP) is 1.42. The van der Waals surface area contributed by atoms with Gasteiger partial charge in [-0.05, 0) is 32.6 Å². The first-order chi connectivity index (χ1) is 8.36. The molecule has 1 fully saturated rings. The lowest BCUT2D eigenvalue weighted by molar-refractivity contribution is -0.128. The standard InChI is InChI=1S/C13H26N4O.HI/c1-10-6-5-7-17(8-10)12(14)16-9-13(2,3)11(18)15-4;/h10H,5-9H2,1-4H3,(H2,14,16)(H,15,18);1H. The van der Waals surface area contributed by atoms with Crippen LogP contribution in [0.15, 0.2) is 4.99 Å². The fraction of sp³-hybridized carbons (Fsp3) is 0.846. The molecule has 3 N–H and O–H groups in total. The van der Waals surface area contributed by atoms with Crippen molar-refractivity contribution in [3.8, 4) is 0 Å². The maximum atomic E-state index is 11.6. The van der Waals surface area contributed by atoms with E-state index in [4.69, 9.17) is 5.73 Å². The minimum absolute atomic E-state index is 0. The van der Waals surface area contributed by atoms with E-state index in [-0.39, 0.29) is 29.9 Å². The number of nitrogens with zero attached hydrogens (tertiary/aromatic N) is 2. The van der Waals surface area contributed by atoms with Crippen LogP contribution in [0.2, 0.25) is 0 Å². The summed E-state index contributed by atoms with van der Waals surface area (Å²) in [6.45, 7) is 8.34. The van der Waals surface area contributed by atoms with Crippen LogP contribution in [0.5, 0.6) is 0 Å². The zero-order valence-electron chi connectivity index (χ0n) is 12.4. The fourth-order valence-corrected chi connectivity index (χ4v) is 2.19. The molecule has 1 aliphatic rings. The average molecular weight is 382 g/mol. The molecule has 1 rings (SSSR count). The van der Waals surface area contributed by atoms with Crippen molar-refractivity contribution in [1.29, 1.82) is 0 Å². The molecule has 6 heteroatoms. The topological polar surface area (TPSA) is 70.7 Å². The van der Waals surface area contributed by atoms with Crippen molar-refractivity contribution in [3.63, 3.8) is 0 Å². The van der Waals surface area contributed by atoms with Crippen LogP contribution in [-0.2, 0) is 4.79 Å². The number of rotatable bonds is 3. The number of likely N-dealkylation sites (tertiary alicyclic amines) is 1. The fourth-order valence-electron chi connectivity index (χ4n) is 2.19. The molecule has 0 radical (unpaired) electrons. The van der Waals surface area contributed by atoms with Gasteiger partial charge in [-0.3, -0.25) is 9.79 Å². The SMILES string of the molecule is CNC(=O)C(C)(C)CN=C(N)N1CCCC(C)C1.I. The Labute approximate surface area is 133 Å². The Bertz CT molecular complexity index is 331. The second-order valence-electron chi connectivity index (χ2n) is 5.83. The number of hydrogen-bond donors (Lipinski definition) is 2. The van der Waals surface area contributed by atoms with Gasteiger partial charge in [0.15, 0.2) is 5.96 Å². The summed E-state index contributed by atoms with van der Waals surface area (Å²) in [6.07, 6.45) is 2.42. The van der Waals surface area contributed by atoms with E-state index in [9.17, 15) is 4.79 Å². The molecule has 1 atom stereocenters.